The zero-order chi connectivity index (χ0) is 17.9. The van der Waals surface area contributed by atoms with E-state index in [1.807, 2.05) is 0 Å². The van der Waals surface area contributed by atoms with Gasteiger partial charge in [0.05, 0.1) is 6.54 Å². The fraction of sp³-hybridized carbons (Fsp3) is 0.556. The van der Waals surface area contributed by atoms with Gasteiger partial charge in [-0.3, -0.25) is 14.5 Å². The average molecular weight is 356 g/mol. The first-order valence-corrected chi connectivity index (χ1v) is 9.25. The minimum Gasteiger partial charge on any atom is -0.349 e. The molecule has 0 bridgehead atoms. The summed E-state index contributed by atoms with van der Waals surface area (Å²) in [6.45, 7) is 5.41. The van der Waals surface area contributed by atoms with Crippen molar-refractivity contribution < 1.29 is 0 Å². The van der Waals surface area contributed by atoms with Gasteiger partial charge in [-0.1, -0.05) is 0 Å². The molecule has 2 aromatic rings. The van der Waals surface area contributed by atoms with Crippen molar-refractivity contribution in [2.75, 3.05) is 37.6 Å². The van der Waals surface area contributed by atoms with E-state index in [0.29, 0.717) is 18.3 Å². The first-order valence-electron chi connectivity index (χ1n) is 9.25. The van der Waals surface area contributed by atoms with Crippen molar-refractivity contribution in [1.29, 1.82) is 0 Å². The molecular formula is C18H24N6O2. The molecule has 2 aliphatic rings. The molecule has 2 fully saturated rings. The second-order valence-corrected chi connectivity index (χ2v) is 7.07. The molecule has 1 aliphatic carbocycles. The quantitative estimate of drug-likeness (QED) is 0.727. The summed E-state index contributed by atoms with van der Waals surface area (Å²) in [7, 11) is 0. The maximum atomic E-state index is 12.7. The number of piperazine rings is 1. The smallest absolute Gasteiger partial charge is 0.293 e. The van der Waals surface area contributed by atoms with E-state index in [1.165, 1.54) is 23.6 Å². The zero-order valence-electron chi connectivity index (χ0n) is 14.8. The minimum atomic E-state index is -0.0733. The lowest BCUT2D eigenvalue weighted by molar-refractivity contribution is 0.242. The standard InChI is InChI=1S/C18H24N6O2/c25-16-2-1-5-20-24(16)13-10-21-8-11-22(12-9-21)17-18(26)23(7-6-19-17)14-15-3-4-15/h1-2,5-7,15H,3-4,8-14H2. The van der Waals surface area contributed by atoms with Crippen molar-refractivity contribution in [3.63, 3.8) is 0 Å². The van der Waals surface area contributed by atoms with E-state index in [9.17, 15) is 9.59 Å². The molecule has 8 nitrogen and oxygen atoms in total. The van der Waals surface area contributed by atoms with E-state index < -0.39 is 0 Å². The Balaban J connectivity index is 1.34. The second kappa shape index (κ2) is 7.41. The summed E-state index contributed by atoms with van der Waals surface area (Å²) in [5, 5.41) is 4.09. The Morgan fingerprint density at radius 2 is 1.85 bits per heavy atom. The molecule has 0 atom stereocenters. The van der Waals surface area contributed by atoms with Crippen LogP contribution in [0.25, 0.3) is 0 Å². The zero-order valence-corrected chi connectivity index (χ0v) is 14.8. The van der Waals surface area contributed by atoms with Crippen molar-refractivity contribution in [2.45, 2.75) is 25.9 Å². The molecule has 0 N–H and O–H groups in total. The van der Waals surface area contributed by atoms with E-state index in [-0.39, 0.29) is 11.1 Å². The maximum Gasteiger partial charge on any atom is 0.293 e. The van der Waals surface area contributed by atoms with Crippen LogP contribution in [-0.4, -0.2) is 57.0 Å². The summed E-state index contributed by atoms with van der Waals surface area (Å²) < 4.78 is 3.29. The van der Waals surface area contributed by atoms with Crippen LogP contribution in [0.15, 0.2) is 40.3 Å². The maximum absolute atomic E-state index is 12.7. The molecule has 2 aromatic heterocycles. The Bertz CT molecular complexity index is 864. The molecule has 1 saturated heterocycles. The SMILES string of the molecule is O=c1c(N2CCN(CCn3ncccc3=O)CC2)nccn1CC1CC1. The topological polar surface area (TPSA) is 76.3 Å². The first kappa shape index (κ1) is 17.0. The van der Waals surface area contributed by atoms with E-state index in [4.69, 9.17) is 0 Å². The highest BCUT2D eigenvalue weighted by atomic mass is 16.1. The lowest BCUT2D eigenvalue weighted by atomic mass is 10.3. The van der Waals surface area contributed by atoms with Gasteiger partial charge in [-0.05, 0) is 24.8 Å². The highest BCUT2D eigenvalue weighted by Gasteiger charge is 2.24. The third kappa shape index (κ3) is 3.85. The van der Waals surface area contributed by atoms with Crippen LogP contribution >= 0.6 is 0 Å². The van der Waals surface area contributed by atoms with E-state index in [2.05, 4.69) is 19.9 Å². The second-order valence-electron chi connectivity index (χ2n) is 7.07. The van der Waals surface area contributed by atoms with Crippen molar-refractivity contribution in [3.8, 4) is 0 Å². The van der Waals surface area contributed by atoms with E-state index in [0.717, 1.165) is 39.3 Å². The average Bonchev–Trinajstić information content (AvgIpc) is 3.48. The van der Waals surface area contributed by atoms with Crippen molar-refractivity contribution in [3.05, 3.63) is 51.4 Å². The van der Waals surface area contributed by atoms with Crippen molar-refractivity contribution in [1.82, 2.24) is 24.2 Å². The highest BCUT2D eigenvalue weighted by molar-refractivity contribution is 5.36. The van der Waals surface area contributed by atoms with Gasteiger partial charge in [-0.25, -0.2) is 9.67 Å². The Hall–Kier alpha value is -2.48. The number of rotatable bonds is 6. The van der Waals surface area contributed by atoms with Gasteiger partial charge < -0.3 is 9.47 Å². The molecule has 1 saturated carbocycles. The number of hydrogen-bond donors (Lipinski definition) is 0. The monoisotopic (exact) mass is 356 g/mol. The van der Waals surface area contributed by atoms with Gasteiger partial charge in [-0.2, -0.15) is 5.10 Å². The van der Waals surface area contributed by atoms with Crippen molar-refractivity contribution in [2.24, 2.45) is 5.92 Å². The van der Waals surface area contributed by atoms with Gasteiger partial charge in [0.2, 0.25) is 0 Å². The normalized spacial score (nSPS) is 18.2. The van der Waals surface area contributed by atoms with Crippen LogP contribution in [0.5, 0.6) is 0 Å². The molecule has 4 rings (SSSR count). The largest absolute Gasteiger partial charge is 0.349 e. The number of aromatic nitrogens is 4. The Labute approximate surface area is 151 Å². The number of hydrogen-bond acceptors (Lipinski definition) is 6. The minimum absolute atomic E-state index is 0.0212. The molecule has 138 valence electrons. The molecule has 0 unspecified atom stereocenters. The third-order valence-electron chi connectivity index (χ3n) is 5.13. The first-order chi connectivity index (χ1) is 12.7. The summed E-state index contributed by atoms with van der Waals surface area (Å²) >= 11 is 0. The van der Waals surface area contributed by atoms with Crippen molar-refractivity contribution >= 4 is 5.82 Å². The van der Waals surface area contributed by atoms with Gasteiger partial charge in [-0.15, -0.1) is 0 Å². The molecule has 26 heavy (non-hydrogen) atoms. The van der Waals surface area contributed by atoms with Gasteiger partial charge in [0.1, 0.15) is 0 Å². The number of nitrogens with zero attached hydrogens (tertiary/aromatic N) is 6. The van der Waals surface area contributed by atoms with Crippen LogP contribution in [0.4, 0.5) is 5.82 Å². The van der Waals surface area contributed by atoms with Crippen LogP contribution in [0.1, 0.15) is 12.8 Å². The summed E-state index contributed by atoms with van der Waals surface area (Å²) in [6.07, 6.45) is 7.61. The molecule has 0 spiro atoms. The van der Waals surface area contributed by atoms with Crippen LogP contribution in [0.3, 0.4) is 0 Å². The van der Waals surface area contributed by atoms with Gasteiger partial charge >= 0.3 is 0 Å². The van der Waals surface area contributed by atoms with E-state index >= 15 is 0 Å². The Kier molecular flexibility index (Phi) is 4.83. The fourth-order valence-electron chi connectivity index (χ4n) is 3.35. The van der Waals surface area contributed by atoms with Gasteiger partial charge in [0.15, 0.2) is 5.82 Å². The fourth-order valence-corrected chi connectivity index (χ4v) is 3.35. The Morgan fingerprint density at radius 3 is 2.58 bits per heavy atom. The van der Waals surface area contributed by atoms with Crippen LogP contribution in [0.2, 0.25) is 0 Å². The highest BCUT2D eigenvalue weighted by Crippen LogP contribution is 2.30. The van der Waals surface area contributed by atoms with Gasteiger partial charge in [0.25, 0.3) is 11.1 Å². The summed E-state index contributed by atoms with van der Waals surface area (Å²) in [6, 6.07) is 3.18. The number of anilines is 1. The van der Waals surface area contributed by atoms with Gasteiger partial charge in [0, 0.05) is 63.9 Å². The third-order valence-corrected chi connectivity index (χ3v) is 5.13. The molecule has 3 heterocycles. The lowest BCUT2D eigenvalue weighted by Gasteiger charge is -2.35. The predicted molar refractivity (Wildman–Crippen MR) is 98.4 cm³/mol. The molecule has 0 radical (unpaired) electrons. The lowest BCUT2D eigenvalue weighted by Crippen LogP contribution is -2.49. The summed E-state index contributed by atoms with van der Waals surface area (Å²) in [5.74, 6) is 1.23. The molecule has 8 heteroatoms. The summed E-state index contributed by atoms with van der Waals surface area (Å²) in [5.41, 5.74) is -0.0521. The van der Waals surface area contributed by atoms with Crippen LogP contribution in [0, 0.1) is 5.92 Å². The van der Waals surface area contributed by atoms with Crippen LogP contribution in [-0.2, 0) is 13.1 Å². The van der Waals surface area contributed by atoms with E-state index in [1.54, 1.807) is 29.2 Å². The molecular weight excluding hydrogens is 332 g/mol. The summed E-state index contributed by atoms with van der Waals surface area (Å²) in [4.78, 5) is 33.1. The predicted octanol–water partition coefficient (Wildman–Crippen LogP) is 0.0322. The molecule has 1 aliphatic heterocycles. The van der Waals surface area contributed by atoms with Crippen LogP contribution < -0.4 is 16.0 Å². The molecule has 0 amide bonds. The Morgan fingerprint density at radius 1 is 1.04 bits per heavy atom. The molecule has 0 aromatic carbocycles.